The summed E-state index contributed by atoms with van der Waals surface area (Å²) in [6.45, 7) is 0.680. The molecular weight excluding hydrogens is 394 g/mol. The van der Waals surface area contributed by atoms with Crippen molar-refractivity contribution in [3.8, 4) is 0 Å². The molecule has 0 aliphatic carbocycles. The number of rotatable bonds is 7. The molecular formula is C17H16F2N4O2S2. The van der Waals surface area contributed by atoms with Crippen molar-refractivity contribution in [2.75, 3.05) is 23.2 Å². The van der Waals surface area contributed by atoms with Gasteiger partial charge in [0.25, 0.3) is 10.0 Å². The van der Waals surface area contributed by atoms with E-state index in [1.807, 2.05) is 17.3 Å². The van der Waals surface area contributed by atoms with Crippen LogP contribution in [0.4, 0.5) is 20.3 Å². The maximum atomic E-state index is 13.2. The largest absolute Gasteiger partial charge is 0.359 e. The van der Waals surface area contributed by atoms with Gasteiger partial charge in [-0.3, -0.25) is 4.72 Å². The van der Waals surface area contributed by atoms with Crippen LogP contribution in [-0.2, 0) is 16.4 Å². The second-order valence-electron chi connectivity index (χ2n) is 5.68. The van der Waals surface area contributed by atoms with Crippen molar-refractivity contribution in [1.29, 1.82) is 0 Å². The van der Waals surface area contributed by atoms with Crippen LogP contribution in [-0.4, -0.2) is 32.0 Å². The van der Waals surface area contributed by atoms with E-state index in [0.717, 1.165) is 29.6 Å². The number of nitrogens with one attached hydrogen (secondary N) is 1. The molecule has 0 unspecified atom stereocenters. The fraction of sp³-hybridized carbons (Fsp3) is 0.176. The number of halogens is 2. The molecule has 3 rings (SSSR count). The van der Waals surface area contributed by atoms with Crippen molar-refractivity contribution in [1.82, 2.24) is 9.97 Å². The van der Waals surface area contributed by atoms with Crippen LogP contribution in [0, 0.1) is 11.6 Å². The lowest BCUT2D eigenvalue weighted by Gasteiger charge is -2.17. The van der Waals surface area contributed by atoms with E-state index in [-0.39, 0.29) is 10.6 Å². The zero-order chi connectivity index (χ0) is 19.4. The second-order valence-corrected chi connectivity index (χ2v) is 8.35. The SMILES string of the molecule is CN(CCc1nccs1)c1ccc(S(=O)(=O)Nc2ccc(F)c(F)c2)cn1. The molecule has 3 aromatic rings. The van der Waals surface area contributed by atoms with Crippen LogP contribution < -0.4 is 9.62 Å². The van der Waals surface area contributed by atoms with Crippen molar-refractivity contribution < 1.29 is 17.2 Å². The third kappa shape index (κ3) is 4.77. The van der Waals surface area contributed by atoms with Gasteiger partial charge in [0.1, 0.15) is 10.7 Å². The third-order valence-electron chi connectivity index (χ3n) is 3.74. The Morgan fingerprint density at radius 1 is 1.15 bits per heavy atom. The average Bonchev–Trinajstić information content (AvgIpc) is 3.16. The molecule has 0 saturated heterocycles. The van der Waals surface area contributed by atoms with Crippen LogP contribution >= 0.6 is 11.3 Å². The molecule has 2 aromatic heterocycles. The first-order chi connectivity index (χ1) is 12.8. The maximum Gasteiger partial charge on any atom is 0.263 e. The molecule has 6 nitrogen and oxygen atoms in total. The monoisotopic (exact) mass is 410 g/mol. The lowest BCUT2D eigenvalue weighted by molar-refractivity contribution is 0.509. The van der Waals surface area contributed by atoms with Crippen LogP contribution in [0.5, 0.6) is 0 Å². The van der Waals surface area contributed by atoms with E-state index in [4.69, 9.17) is 0 Å². The number of benzene rings is 1. The summed E-state index contributed by atoms with van der Waals surface area (Å²) in [4.78, 5) is 10.2. The van der Waals surface area contributed by atoms with E-state index in [1.165, 1.54) is 12.3 Å². The molecule has 1 N–H and O–H groups in total. The highest BCUT2D eigenvalue weighted by atomic mass is 32.2. The number of sulfonamides is 1. The fourth-order valence-corrected chi connectivity index (χ4v) is 3.89. The molecule has 0 saturated carbocycles. The first kappa shape index (κ1) is 19.2. The molecule has 0 bridgehead atoms. The Morgan fingerprint density at radius 2 is 1.96 bits per heavy atom. The molecule has 2 heterocycles. The maximum absolute atomic E-state index is 13.2. The predicted molar refractivity (Wildman–Crippen MR) is 100 cm³/mol. The van der Waals surface area contributed by atoms with Gasteiger partial charge < -0.3 is 4.90 Å². The van der Waals surface area contributed by atoms with Crippen molar-refractivity contribution in [2.45, 2.75) is 11.3 Å². The summed E-state index contributed by atoms with van der Waals surface area (Å²) in [5.41, 5.74) is -0.0708. The van der Waals surface area contributed by atoms with Gasteiger partial charge in [-0.25, -0.2) is 27.2 Å². The summed E-state index contributed by atoms with van der Waals surface area (Å²) >= 11 is 1.57. The fourth-order valence-electron chi connectivity index (χ4n) is 2.29. The summed E-state index contributed by atoms with van der Waals surface area (Å²) < 4.78 is 53.1. The summed E-state index contributed by atoms with van der Waals surface area (Å²) in [6.07, 6.45) is 3.73. The van der Waals surface area contributed by atoms with E-state index in [9.17, 15) is 17.2 Å². The number of pyridine rings is 1. The van der Waals surface area contributed by atoms with E-state index in [2.05, 4.69) is 14.7 Å². The minimum Gasteiger partial charge on any atom is -0.359 e. The van der Waals surface area contributed by atoms with E-state index >= 15 is 0 Å². The number of hydrogen-bond acceptors (Lipinski definition) is 6. The van der Waals surface area contributed by atoms with Gasteiger partial charge in [-0.05, 0) is 24.3 Å². The van der Waals surface area contributed by atoms with Gasteiger partial charge in [-0.2, -0.15) is 0 Å². The van der Waals surface area contributed by atoms with E-state index in [1.54, 1.807) is 23.6 Å². The summed E-state index contributed by atoms with van der Waals surface area (Å²) in [5, 5.41) is 2.92. The van der Waals surface area contributed by atoms with Gasteiger partial charge in [0, 0.05) is 43.9 Å². The van der Waals surface area contributed by atoms with E-state index in [0.29, 0.717) is 12.4 Å². The molecule has 10 heteroatoms. The summed E-state index contributed by atoms with van der Waals surface area (Å²) in [5.74, 6) is -1.58. The van der Waals surface area contributed by atoms with Crippen molar-refractivity contribution >= 4 is 32.9 Å². The van der Waals surface area contributed by atoms with Crippen molar-refractivity contribution in [3.63, 3.8) is 0 Å². The topological polar surface area (TPSA) is 75.2 Å². The van der Waals surface area contributed by atoms with E-state index < -0.39 is 21.7 Å². The Morgan fingerprint density at radius 3 is 2.59 bits per heavy atom. The quantitative estimate of drug-likeness (QED) is 0.647. The van der Waals surface area contributed by atoms with Crippen LogP contribution in [0.1, 0.15) is 5.01 Å². The zero-order valence-electron chi connectivity index (χ0n) is 14.3. The average molecular weight is 410 g/mol. The number of anilines is 2. The molecule has 0 aliphatic rings. The number of nitrogens with zero attached hydrogens (tertiary/aromatic N) is 3. The molecule has 0 atom stereocenters. The Kier molecular flexibility index (Phi) is 5.66. The minimum absolute atomic E-state index is 0.0708. The molecule has 0 fully saturated rings. The summed E-state index contributed by atoms with van der Waals surface area (Å²) in [7, 11) is -2.11. The van der Waals surface area contributed by atoms with Gasteiger partial charge in [0.15, 0.2) is 11.6 Å². The molecule has 142 valence electrons. The molecule has 0 amide bonds. The van der Waals surface area contributed by atoms with Crippen LogP contribution in [0.15, 0.2) is 53.0 Å². The first-order valence-corrected chi connectivity index (χ1v) is 10.2. The van der Waals surface area contributed by atoms with Crippen LogP contribution in [0.25, 0.3) is 0 Å². The van der Waals surface area contributed by atoms with Gasteiger partial charge in [0.2, 0.25) is 0 Å². The van der Waals surface area contributed by atoms with Crippen LogP contribution in [0.3, 0.4) is 0 Å². The second kappa shape index (κ2) is 7.97. The lowest BCUT2D eigenvalue weighted by atomic mass is 10.3. The van der Waals surface area contributed by atoms with Crippen molar-refractivity contribution in [2.24, 2.45) is 0 Å². The smallest absolute Gasteiger partial charge is 0.263 e. The number of likely N-dealkylation sites (N-methyl/N-ethyl adjacent to an activating group) is 1. The molecule has 0 radical (unpaired) electrons. The van der Waals surface area contributed by atoms with Gasteiger partial charge in [-0.15, -0.1) is 11.3 Å². The highest BCUT2D eigenvalue weighted by Gasteiger charge is 2.16. The molecule has 1 aromatic carbocycles. The predicted octanol–water partition coefficient (Wildman–Crippen LogP) is 3.30. The highest BCUT2D eigenvalue weighted by Crippen LogP contribution is 2.19. The zero-order valence-corrected chi connectivity index (χ0v) is 15.9. The summed E-state index contributed by atoms with van der Waals surface area (Å²) in [6, 6.07) is 5.77. The van der Waals surface area contributed by atoms with Crippen molar-refractivity contribution in [3.05, 3.63) is 64.7 Å². The lowest BCUT2D eigenvalue weighted by Crippen LogP contribution is -2.21. The van der Waals surface area contributed by atoms with Crippen LogP contribution in [0.2, 0.25) is 0 Å². The van der Waals surface area contributed by atoms with Gasteiger partial charge >= 0.3 is 0 Å². The van der Waals surface area contributed by atoms with Gasteiger partial charge in [-0.1, -0.05) is 0 Å². The number of aromatic nitrogens is 2. The Balaban J connectivity index is 1.68. The molecule has 27 heavy (non-hydrogen) atoms. The molecule has 0 aliphatic heterocycles. The Bertz CT molecular complexity index is 1010. The first-order valence-electron chi connectivity index (χ1n) is 7.88. The Hall–Kier alpha value is -2.59. The Labute approximate surface area is 159 Å². The number of hydrogen-bond donors (Lipinski definition) is 1. The number of thiazole rings is 1. The normalized spacial score (nSPS) is 11.4. The third-order valence-corrected chi connectivity index (χ3v) is 5.94. The standard InChI is InChI=1S/C17H16F2N4O2S2/c1-23(8-6-17-20-7-9-26-17)16-5-3-13(11-21-16)27(24,25)22-12-2-4-14(18)15(19)10-12/h2-5,7,9-11,22H,6,8H2,1H3. The highest BCUT2D eigenvalue weighted by molar-refractivity contribution is 7.92. The molecule has 0 spiro atoms. The van der Waals surface area contributed by atoms with Gasteiger partial charge in [0.05, 0.1) is 10.7 Å². The minimum atomic E-state index is -3.96.